The smallest absolute Gasteiger partial charge is 0.414 e. The average Bonchev–Trinajstić information content (AvgIpc) is 3.46. The number of rotatable bonds is 7. The standard InChI is InChI=1S/C24H27FN4O4/c1-15(30)27-13-19-14-29(24(32)33-19)18-8-9-20(21(25)11-18)17-6-4-16(5-7-17)12-28-23(31)22-3-2-10-26-22/h4-9,11,19,22,26H,2-3,10,12-14H2,1H3,(H,27,30)(H,28,31)/t19-,22-/m0/s1. The van der Waals surface area contributed by atoms with Crippen LogP contribution in [0.2, 0.25) is 0 Å². The number of nitrogens with zero attached hydrogens (tertiary/aromatic N) is 1. The van der Waals surface area contributed by atoms with Gasteiger partial charge in [0, 0.05) is 19.0 Å². The molecule has 2 aromatic rings. The summed E-state index contributed by atoms with van der Waals surface area (Å²) in [6.45, 7) is 3.11. The van der Waals surface area contributed by atoms with Crippen LogP contribution >= 0.6 is 0 Å². The molecule has 2 saturated heterocycles. The predicted octanol–water partition coefficient (Wildman–Crippen LogP) is 2.32. The van der Waals surface area contributed by atoms with E-state index in [1.54, 1.807) is 24.3 Å². The summed E-state index contributed by atoms with van der Waals surface area (Å²) in [5.74, 6) is -0.670. The molecule has 0 unspecified atom stereocenters. The molecule has 3 amide bonds. The Labute approximate surface area is 191 Å². The van der Waals surface area contributed by atoms with Crippen molar-refractivity contribution in [2.75, 3.05) is 24.5 Å². The van der Waals surface area contributed by atoms with Gasteiger partial charge in [-0.15, -0.1) is 0 Å². The fourth-order valence-corrected chi connectivity index (χ4v) is 4.03. The molecule has 0 aromatic heterocycles. The Morgan fingerprint density at radius 3 is 2.64 bits per heavy atom. The van der Waals surface area contributed by atoms with E-state index < -0.39 is 18.0 Å². The molecular weight excluding hydrogens is 427 g/mol. The maximum atomic E-state index is 14.9. The zero-order chi connectivity index (χ0) is 23.4. The number of hydrogen-bond donors (Lipinski definition) is 3. The van der Waals surface area contributed by atoms with E-state index in [1.165, 1.54) is 17.9 Å². The van der Waals surface area contributed by atoms with Gasteiger partial charge in [0.15, 0.2) is 0 Å². The number of halogens is 1. The van der Waals surface area contributed by atoms with Crippen molar-refractivity contribution in [2.45, 2.75) is 38.5 Å². The number of carbonyl (C=O) groups excluding carboxylic acids is 3. The summed E-state index contributed by atoms with van der Waals surface area (Å²) in [7, 11) is 0. The highest BCUT2D eigenvalue weighted by Gasteiger charge is 2.32. The van der Waals surface area contributed by atoms with Crippen molar-refractivity contribution in [3.63, 3.8) is 0 Å². The Morgan fingerprint density at radius 2 is 1.97 bits per heavy atom. The Balaban J connectivity index is 1.38. The quantitative estimate of drug-likeness (QED) is 0.596. The summed E-state index contributed by atoms with van der Waals surface area (Å²) in [6, 6.07) is 11.8. The molecule has 2 heterocycles. The summed E-state index contributed by atoms with van der Waals surface area (Å²) < 4.78 is 20.1. The van der Waals surface area contributed by atoms with E-state index in [1.807, 2.05) is 12.1 Å². The number of amides is 3. The Bertz CT molecular complexity index is 1040. The van der Waals surface area contributed by atoms with E-state index in [9.17, 15) is 18.8 Å². The van der Waals surface area contributed by atoms with E-state index in [0.29, 0.717) is 23.4 Å². The summed E-state index contributed by atoms with van der Waals surface area (Å²) in [5.41, 5.74) is 2.42. The largest absolute Gasteiger partial charge is 0.442 e. The second-order valence-corrected chi connectivity index (χ2v) is 8.28. The van der Waals surface area contributed by atoms with Gasteiger partial charge in [-0.25, -0.2) is 9.18 Å². The first-order chi connectivity index (χ1) is 15.9. The fraction of sp³-hybridized carbons (Fsp3) is 0.375. The van der Waals surface area contributed by atoms with Crippen LogP contribution in [0.3, 0.4) is 0 Å². The third kappa shape index (κ3) is 5.48. The van der Waals surface area contributed by atoms with E-state index in [0.717, 1.165) is 24.9 Å². The topological polar surface area (TPSA) is 99.8 Å². The van der Waals surface area contributed by atoms with Gasteiger partial charge in [0.2, 0.25) is 11.8 Å². The molecular formula is C24H27FN4O4. The van der Waals surface area contributed by atoms with Crippen LogP contribution in [0.5, 0.6) is 0 Å². The van der Waals surface area contributed by atoms with Gasteiger partial charge in [-0.2, -0.15) is 0 Å². The summed E-state index contributed by atoms with van der Waals surface area (Å²) in [5, 5.41) is 8.70. The normalized spacial score (nSPS) is 19.9. The highest BCUT2D eigenvalue weighted by molar-refractivity contribution is 5.90. The van der Waals surface area contributed by atoms with Gasteiger partial charge >= 0.3 is 6.09 Å². The Morgan fingerprint density at radius 1 is 1.18 bits per heavy atom. The van der Waals surface area contributed by atoms with Gasteiger partial charge < -0.3 is 20.7 Å². The van der Waals surface area contributed by atoms with E-state index in [4.69, 9.17) is 4.74 Å². The van der Waals surface area contributed by atoms with Crippen LogP contribution in [0.4, 0.5) is 14.9 Å². The first-order valence-corrected chi connectivity index (χ1v) is 11.0. The number of carbonyl (C=O) groups is 3. The molecule has 4 rings (SSSR count). The van der Waals surface area contributed by atoms with E-state index >= 15 is 0 Å². The zero-order valence-electron chi connectivity index (χ0n) is 18.4. The molecule has 174 valence electrons. The van der Waals surface area contributed by atoms with Crippen molar-refractivity contribution >= 4 is 23.6 Å². The lowest BCUT2D eigenvalue weighted by molar-refractivity contribution is -0.123. The Hall–Kier alpha value is -3.46. The zero-order valence-corrected chi connectivity index (χ0v) is 18.4. The molecule has 0 radical (unpaired) electrons. The minimum atomic E-state index is -0.572. The summed E-state index contributed by atoms with van der Waals surface area (Å²) in [6.07, 6.45) is 0.803. The predicted molar refractivity (Wildman–Crippen MR) is 121 cm³/mol. The van der Waals surface area contributed by atoms with Gasteiger partial charge in [-0.05, 0) is 48.7 Å². The van der Waals surface area contributed by atoms with Crippen LogP contribution in [0.1, 0.15) is 25.3 Å². The first-order valence-electron chi connectivity index (χ1n) is 11.0. The average molecular weight is 455 g/mol. The number of ether oxygens (including phenoxy) is 1. The molecule has 3 N–H and O–H groups in total. The van der Waals surface area contributed by atoms with Gasteiger partial charge in [0.05, 0.1) is 24.8 Å². The maximum absolute atomic E-state index is 14.9. The van der Waals surface area contributed by atoms with E-state index in [-0.39, 0.29) is 30.9 Å². The van der Waals surface area contributed by atoms with Crippen molar-refractivity contribution in [1.82, 2.24) is 16.0 Å². The molecule has 2 aromatic carbocycles. The lowest BCUT2D eigenvalue weighted by Crippen LogP contribution is -2.39. The van der Waals surface area contributed by atoms with Crippen LogP contribution in [0, 0.1) is 5.82 Å². The highest BCUT2D eigenvalue weighted by Crippen LogP contribution is 2.29. The number of nitrogens with one attached hydrogen (secondary N) is 3. The number of benzene rings is 2. The van der Waals surface area contributed by atoms with E-state index in [2.05, 4.69) is 16.0 Å². The maximum Gasteiger partial charge on any atom is 0.414 e. The van der Waals surface area contributed by atoms with Crippen molar-refractivity contribution in [3.05, 3.63) is 53.8 Å². The lowest BCUT2D eigenvalue weighted by Gasteiger charge is -2.15. The summed E-state index contributed by atoms with van der Waals surface area (Å²) in [4.78, 5) is 36.7. The molecule has 2 atom stereocenters. The molecule has 8 nitrogen and oxygen atoms in total. The first kappa shape index (κ1) is 22.7. The van der Waals surface area contributed by atoms with Gasteiger partial charge in [0.1, 0.15) is 11.9 Å². The third-order valence-corrected chi connectivity index (χ3v) is 5.83. The van der Waals surface area contributed by atoms with Crippen LogP contribution in [-0.4, -0.2) is 49.7 Å². The molecule has 2 aliphatic rings. The van der Waals surface area contributed by atoms with Crippen LogP contribution < -0.4 is 20.9 Å². The fourth-order valence-electron chi connectivity index (χ4n) is 4.03. The molecule has 0 spiro atoms. The van der Waals surface area contributed by atoms with Gasteiger partial charge in [0.25, 0.3) is 0 Å². The van der Waals surface area contributed by atoms with Gasteiger partial charge in [-0.3, -0.25) is 14.5 Å². The third-order valence-electron chi connectivity index (χ3n) is 5.83. The lowest BCUT2D eigenvalue weighted by atomic mass is 10.0. The van der Waals surface area contributed by atoms with Crippen molar-refractivity contribution in [3.8, 4) is 11.1 Å². The molecule has 0 bridgehead atoms. The number of anilines is 1. The minimum absolute atomic E-state index is 0.00189. The molecule has 0 aliphatic carbocycles. The molecule has 9 heteroatoms. The second kappa shape index (κ2) is 9.99. The van der Waals surface area contributed by atoms with Crippen LogP contribution in [0.15, 0.2) is 42.5 Å². The van der Waals surface area contributed by atoms with Crippen LogP contribution in [-0.2, 0) is 20.9 Å². The van der Waals surface area contributed by atoms with Gasteiger partial charge in [-0.1, -0.05) is 24.3 Å². The monoisotopic (exact) mass is 454 g/mol. The SMILES string of the molecule is CC(=O)NC[C@H]1CN(c2ccc(-c3ccc(CNC(=O)[C@@H]4CCCN4)cc3)c(F)c2)C(=O)O1. The van der Waals surface area contributed by atoms with Crippen molar-refractivity contribution < 1.29 is 23.5 Å². The highest BCUT2D eigenvalue weighted by atomic mass is 19.1. The molecule has 2 fully saturated rings. The van der Waals surface area contributed by atoms with Crippen molar-refractivity contribution in [2.24, 2.45) is 0 Å². The molecule has 2 aliphatic heterocycles. The second-order valence-electron chi connectivity index (χ2n) is 8.28. The molecule has 33 heavy (non-hydrogen) atoms. The minimum Gasteiger partial charge on any atom is -0.442 e. The summed E-state index contributed by atoms with van der Waals surface area (Å²) >= 11 is 0. The molecule has 0 saturated carbocycles. The van der Waals surface area contributed by atoms with Crippen LogP contribution in [0.25, 0.3) is 11.1 Å². The number of cyclic esters (lactones) is 1. The van der Waals surface area contributed by atoms with Crippen molar-refractivity contribution in [1.29, 1.82) is 0 Å². The number of hydrogen-bond acceptors (Lipinski definition) is 5. The Kier molecular flexibility index (Phi) is 6.88.